The van der Waals surface area contributed by atoms with Crippen LogP contribution in [0.5, 0.6) is 5.75 Å². The van der Waals surface area contributed by atoms with Crippen LogP contribution in [0.1, 0.15) is 0 Å². The van der Waals surface area contributed by atoms with E-state index in [2.05, 4.69) is 22.6 Å². The molecular weight excluding hydrogens is 321 g/mol. The summed E-state index contributed by atoms with van der Waals surface area (Å²) in [5, 5.41) is 12.4. The first-order valence-electron chi connectivity index (χ1n) is 4.58. The highest BCUT2D eigenvalue weighted by atomic mass is 127. The predicted octanol–water partition coefficient (Wildman–Crippen LogP) is 3.52. The van der Waals surface area contributed by atoms with Gasteiger partial charge in [0.1, 0.15) is 10.4 Å². The lowest BCUT2D eigenvalue weighted by atomic mass is 10.1. The molecule has 0 amide bonds. The Morgan fingerprint density at radius 1 is 1.31 bits per heavy atom. The van der Waals surface area contributed by atoms with E-state index in [9.17, 15) is 10.1 Å². The molecule has 82 valence electrons. The molecule has 5 heteroatoms. The summed E-state index contributed by atoms with van der Waals surface area (Å²) in [5.41, 5.74) is 0.0814. The maximum absolute atomic E-state index is 10.9. The van der Waals surface area contributed by atoms with Crippen LogP contribution in [0.4, 0.5) is 5.69 Å². The van der Waals surface area contributed by atoms with Gasteiger partial charge in [-0.1, -0.05) is 18.2 Å². The van der Waals surface area contributed by atoms with Crippen molar-refractivity contribution in [1.82, 2.24) is 0 Å². The van der Waals surface area contributed by atoms with Gasteiger partial charge in [-0.15, -0.1) is 0 Å². The summed E-state index contributed by atoms with van der Waals surface area (Å²) in [5.74, 6) is 0.528. The van der Waals surface area contributed by atoms with Crippen molar-refractivity contribution in [2.24, 2.45) is 0 Å². The number of non-ortho nitro benzene ring substituents is 1. The molecule has 0 unspecified atom stereocenters. The van der Waals surface area contributed by atoms with Gasteiger partial charge in [0.05, 0.1) is 16.4 Å². The fourth-order valence-electron chi connectivity index (χ4n) is 1.56. The quantitative estimate of drug-likeness (QED) is 0.375. The van der Waals surface area contributed by atoms with Crippen LogP contribution in [0.2, 0.25) is 0 Å². The lowest BCUT2D eigenvalue weighted by Gasteiger charge is -2.04. The Hall–Kier alpha value is -1.37. The fourth-order valence-corrected chi connectivity index (χ4v) is 1.92. The van der Waals surface area contributed by atoms with Crippen molar-refractivity contribution in [1.29, 1.82) is 0 Å². The number of nitrogens with zero attached hydrogens (tertiary/aromatic N) is 1. The average molecular weight is 329 g/mol. The summed E-state index contributed by atoms with van der Waals surface area (Å²) in [6.45, 7) is 0. The van der Waals surface area contributed by atoms with Crippen molar-refractivity contribution in [2.45, 2.75) is 0 Å². The molecule has 0 saturated carbocycles. The number of fused-ring (bicyclic) bond motifs is 1. The molecule has 0 aliphatic carbocycles. The van der Waals surface area contributed by atoms with Gasteiger partial charge in [0.2, 0.25) is 0 Å². The second-order valence-electron chi connectivity index (χ2n) is 3.17. The molecule has 0 atom stereocenters. The largest absolute Gasteiger partial charge is 0.483 e. The first kappa shape index (κ1) is 11.1. The third-order valence-electron chi connectivity index (χ3n) is 2.23. The maximum atomic E-state index is 10.9. The van der Waals surface area contributed by atoms with E-state index in [4.69, 9.17) is 4.74 Å². The number of hydrogen-bond acceptors (Lipinski definition) is 3. The second-order valence-corrected chi connectivity index (χ2v) is 3.80. The summed E-state index contributed by atoms with van der Waals surface area (Å²) in [6, 6.07) is 10.5. The molecule has 2 rings (SSSR count). The number of nitro groups is 1. The van der Waals surface area contributed by atoms with E-state index in [0.717, 1.165) is 5.39 Å². The van der Waals surface area contributed by atoms with Crippen molar-refractivity contribution in [2.75, 3.05) is 4.61 Å². The fraction of sp³-hybridized carbons (Fsp3) is 0.0909. The molecule has 0 bridgehead atoms. The number of hydrogen-bond donors (Lipinski definition) is 0. The minimum absolute atomic E-state index is 0.0814. The minimum Gasteiger partial charge on any atom is -0.483 e. The zero-order valence-corrected chi connectivity index (χ0v) is 10.4. The van der Waals surface area contributed by atoms with Crippen molar-refractivity contribution in [3.63, 3.8) is 0 Å². The summed E-state index contributed by atoms with van der Waals surface area (Å²) in [7, 11) is 0. The number of nitro benzene ring substituents is 1. The molecule has 0 aliphatic rings. The van der Waals surface area contributed by atoms with Crippen LogP contribution in [0.25, 0.3) is 10.8 Å². The Morgan fingerprint density at radius 3 is 2.75 bits per heavy atom. The van der Waals surface area contributed by atoms with Crippen molar-refractivity contribution >= 4 is 39.1 Å². The molecule has 0 N–H and O–H groups in total. The van der Waals surface area contributed by atoms with Gasteiger partial charge >= 0.3 is 0 Å². The van der Waals surface area contributed by atoms with Crippen molar-refractivity contribution in [3.8, 4) is 5.75 Å². The van der Waals surface area contributed by atoms with E-state index in [1.807, 2.05) is 12.1 Å². The number of benzene rings is 2. The van der Waals surface area contributed by atoms with E-state index in [1.54, 1.807) is 18.2 Å². The highest BCUT2D eigenvalue weighted by Crippen LogP contribution is 2.30. The molecule has 0 saturated heterocycles. The Labute approximate surface area is 106 Å². The normalized spacial score (nSPS) is 10.3. The standard InChI is InChI=1S/C11H8INO3/c12-7-16-9-5-8-3-1-2-4-10(8)11(6-9)13(14)15/h1-6H,7H2. The lowest BCUT2D eigenvalue weighted by Crippen LogP contribution is -1.93. The highest BCUT2D eigenvalue weighted by molar-refractivity contribution is 14.1. The lowest BCUT2D eigenvalue weighted by molar-refractivity contribution is -0.383. The van der Waals surface area contributed by atoms with Gasteiger partial charge in [0.15, 0.2) is 0 Å². The van der Waals surface area contributed by atoms with E-state index in [-0.39, 0.29) is 10.6 Å². The Bertz CT molecular complexity index is 542. The molecule has 2 aromatic carbocycles. The van der Waals surface area contributed by atoms with Gasteiger partial charge in [-0.25, -0.2) is 0 Å². The van der Waals surface area contributed by atoms with Crippen LogP contribution >= 0.6 is 22.6 Å². The van der Waals surface area contributed by atoms with Gasteiger partial charge in [0, 0.05) is 0 Å². The number of ether oxygens (including phenoxy) is 1. The molecule has 16 heavy (non-hydrogen) atoms. The van der Waals surface area contributed by atoms with Crippen LogP contribution in [0.3, 0.4) is 0 Å². The van der Waals surface area contributed by atoms with Gasteiger partial charge in [-0.05, 0) is 40.1 Å². The topological polar surface area (TPSA) is 52.4 Å². The van der Waals surface area contributed by atoms with Crippen LogP contribution in [0, 0.1) is 10.1 Å². The second kappa shape index (κ2) is 4.65. The average Bonchev–Trinajstić information content (AvgIpc) is 2.28. The van der Waals surface area contributed by atoms with Crippen LogP contribution < -0.4 is 4.74 Å². The maximum Gasteiger partial charge on any atom is 0.280 e. The molecule has 0 aromatic heterocycles. The molecule has 4 nitrogen and oxygen atoms in total. The molecule has 0 spiro atoms. The minimum atomic E-state index is -0.387. The third kappa shape index (κ3) is 2.08. The van der Waals surface area contributed by atoms with Crippen LogP contribution in [-0.4, -0.2) is 9.54 Å². The summed E-state index contributed by atoms with van der Waals surface area (Å²) in [4.78, 5) is 10.5. The van der Waals surface area contributed by atoms with Crippen molar-refractivity contribution < 1.29 is 9.66 Å². The predicted molar refractivity (Wildman–Crippen MR) is 70.1 cm³/mol. The van der Waals surface area contributed by atoms with Crippen LogP contribution in [-0.2, 0) is 0 Å². The Balaban J connectivity index is 2.68. The number of rotatable bonds is 3. The summed E-state index contributed by atoms with van der Waals surface area (Å²) >= 11 is 2.05. The van der Waals surface area contributed by atoms with Gasteiger partial charge in [-0.2, -0.15) is 0 Å². The number of alkyl halides is 1. The first-order valence-corrected chi connectivity index (χ1v) is 6.11. The van der Waals surface area contributed by atoms with Gasteiger partial charge in [0.25, 0.3) is 5.69 Å². The van der Waals surface area contributed by atoms with E-state index < -0.39 is 0 Å². The van der Waals surface area contributed by atoms with Crippen LogP contribution in [0.15, 0.2) is 36.4 Å². The summed E-state index contributed by atoms with van der Waals surface area (Å²) in [6.07, 6.45) is 0. The molecule has 0 aliphatic heterocycles. The molecule has 0 heterocycles. The summed E-state index contributed by atoms with van der Waals surface area (Å²) < 4.78 is 5.75. The molecule has 0 fully saturated rings. The zero-order chi connectivity index (χ0) is 11.5. The SMILES string of the molecule is O=[N+]([O-])c1cc(OCI)cc2ccccc12. The Morgan fingerprint density at radius 2 is 2.06 bits per heavy atom. The van der Waals surface area contributed by atoms with Gasteiger partial charge in [-0.3, -0.25) is 10.1 Å². The molecule has 2 aromatic rings. The first-order chi connectivity index (χ1) is 7.72. The van der Waals surface area contributed by atoms with E-state index in [0.29, 0.717) is 15.7 Å². The monoisotopic (exact) mass is 329 g/mol. The van der Waals surface area contributed by atoms with E-state index in [1.165, 1.54) is 6.07 Å². The third-order valence-corrected chi connectivity index (χ3v) is 2.54. The smallest absolute Gasteiger partial charge is 0.280 e. The molecular formula is C11H8INO3. The van der Waals surface area contributed by atoms with Crippen molar-refractivity contribution in [3.05, 3.63) is 46.5 Å². The Kier molecular flexibility index (Phi) is 3.23. The molecule has 0 radical (unpaired) electrons. The zero-order valence-electron chi connectivity index (χ0n) is 8.22. The van der Waals surface area contributed by atoms with Gasteiger partial charge < -0.3 is 4.74 Å². The van der Waals surface area contributed by atoms with E-state index >= 15 is 0 Å². The highest BCUT2D eigenvalue weighted by Gasteiger charge is 2.13. The number of halogens is 1.